The van der Waals surface area contributed by atoms with Crippen LogP contribution in [0.3, 0.4) is 0 Å². The summed E-state index contributed by atoms with van der Waals surface area (Å²) >= 11 is 0. The Labute approximate surface area is 210 Å². The van der Waals surface area contributed by atoms with E-state index in [4.69, 9.17) is 5.41 Å². The first kappa shape index (κ1) is 23.3. The number of hydrogen-bond donors (Lipinski definition) is 3. The van der Waals surface area contributed by atoms with Crippen molar-refractivity contribution in [2.45, 2.75) is 17.0 Å². The minimum absolute atomic E-state index is 0.00145. The highest BCUT2D eigenvalue weighted by atomic mass is 32.2. The Morgan fingerprint density at radius 2 is 1.25 bits per heavy atom. The predicted molar refractivity (Wildman–Crippen MR) is 139 cm³/mol. The fourth-order valence-electron chi connectivity index (χ4n) is 4.36. The van der Waals surface area contributed by atoms with Gasteiger partial charge in [0.25, 0.3) is 15.9 Å². The van der Waals surface area contributed by atoms with Crippen molar-refractivity contribution in [3.8, 4) is 0 Å². The van der Waals surface area contributed by atoms with E-state index < -0.39 is 15.6 Å². The Bertz CT molecular complexity index is 1450. The summed E-state index contributed by atoms with van der Waals surface area (Å²) in [5, 5.41) is 11.7. The van der Waals surface area contributed by atoms with Crippen molar-refractivity contribution in [3.63, 3.8) is 0 Å². The number of nitrogens with zero attached hydrogens (tertiary/aromatic N) is 1. The molecule has 1 amide bonds. The molecule has 0 saturated carbocycles. The molecule has 4 aromatic carbocycles. The second kappa shape index (κ2) is 9.31. The van der Waals surface area contributed by atoms with Crippen molar-refractivity contribution >= 4 is 27.6 Å². The summed E-state index contributed by atoms with van der Waals surface area (Å²) in [7, 11) is -3.70. The summed E-state index contributed by atoms with van der Waals surface area (Å²) < 4.78 is 27.7. The van der Waals surface area contributed by atoms with Crippen molar-refractivity contribution < 1.29 is 13.2 Å². The lowest BCUT2D eigenvalue weighted by atomic mass is 9.82. The first-order chi connectivity index (χ1) is 17.4. The summed E-state index contributed by atoms with van der Waals surface area (Å²) in [6.45, 7) is 0.164. The average Bonchev–Trinajstić information content (AvgIpc) is 3.17. The van der Waals surface area contributed by atoms with Crippen LogP contribution < -0.4 is 10.0 Å². The van der Waals surface area contributed by atoms with Gasteiger partial charge in [-0.3, -0.25) is 19.8 Å². The first-order valence-corrected chi connectivity index (χ1v) is 12.8. The molecule has 0 aliphatic carbocycles. The molecular formula is C28H24N4O3S. The Hall–Kier alpha value is -4.43. The van der Waals surface area contributed by atoms with Crippen LogP contribution in [0.5, 0.6) is 0 Å². The summed E-state index contributed by atoms with van der Waals surface area (Å²) in [4.78, 5) is 15.5. The molecule has 1 aliphatic heterocycles. The molecule has 0 bridgehead atoms. The number of carbonyl (C=O) groups excluding carboxylic acids is 1. The molecule has 3 N–H and O–H groups in total. The number of anilines is 1. The largest absolute Gasteiger partial charge is 0.334 e. The van der Waals surface area contributed by atoms with E-state index in [1.54, 1.807) is 42.5 Å². The average molecular weight is 497 g/mol. The molecule has 8 heteroatoms. The van der Waals surface area contributed by atoms with E-state index in [0.717, 1.165) is 16.7 Å². The van der Waals surface area contributed by atoms with Gasteiger partial charge in [0.1, 0.15) is 0 Å². The van der Waals surface area contributed by atoms with Gasteiger partial charge in [0.2, 0.25) is 0 Å². The lowest BCUT2D eigenvalue weighted by Crippen LogP contribution is -2.45. The standard InChI is InChI=1S/C28H24N4O3S/c29-27-30-28(22-10-4-1-5-11-22,23-12-6-2-7-13-23)26(33)32(27)20-21-16-18-24(19-17-21)31-36(34,35)25-14-8-3-9-15-25/h1-19,31H,20H2,(H2,29,30). The van der Waals surface area contributed by atoms with Gasteiger partial charge in [0, 0.05) is 5.69 Å². The first-order valence-electron chi connectivity index (χ1n) is 11.4. The number of carbonyl (C=O) groups is 1. The minimum Gasteiger partial charge on any atom is -0.334 e. The van der Waals surface area contributed by atoms with Gasteiger partial charge in [0.15, 0.2) is 11.5 Å². The van der Waals surface area contributed by atoms with E-state index in [0.29, 0.717) is 5.69 Å². The smallest absolute Gasteiger partial charge is 0.264 e. The molecule has 1 saturated heterocycles. The van der Waals surface area contributed by atoms with Gasteiger partial charge in [-0.25, -0.2) is 8.42 Å². The Morgan fingerprint density at radius 1 is 0.750 bits per heavy atom. The van der Waals surface area contributed by atoms with Crippen LogP contribution in [0.4, 0.5) is 5.69 Å². The lowest BCUT2D eigenvalue weighted by Gasteiger charge is -2.28. The van der Waals surface area contributed by atoms with E-state index >= 15 is 0 Å². The summed E-state index contributed by atoms with van der Waals surface area (Å²) in [5.74, 6) is -0.250. The van der Waals surface area contributed by atoms with Gasteiger partial charge in [-0.05, 0) is 41.0 Å². The topological polar surface area (TPSA) is 102 Å². The van der Waals surface area contributed by atoms with Gasteiger partial charge in [0.05, 0.1) is 11.4 Å². The van der Waals surface area contributed by atoms with Crippen LogP contribution in [0.2, 0.25) is 0 Å². The zero-order chi connectivity index (χ0) is 25.2. The predicted octanol–water partition coefficient (Wildman–Crippen LogP) is 4.30. The third kappa shape index (κ3) is 4.23. The van der Waals surface area contributed by atoms with Crippen LogP contribution in [0.1, 0.15) is 16.7 Å². The van der Waals surface area contributed by atoms with E-state index in [1.807, 2.05) is 60.7 Å². The normalized spacial score (nSPS) is 14.9. The fourth-order valence-corrected chi connectivity index (χ4v) is 5.44. The highest BCUT2D eigenvalue weighted by Crippen LogP contribution is 2.36. The third-order valence-electron chi connectivity index (χ3n) is 6.16. The lowest BCUT2D eigenvalue weighted by molar-refractivity contribution is -0.130. The van der Waals surface area contributed by atoms with Crippen molar-refractivity contribution in [1.82, 2.24) is 10.2 Å². The molecule has 0 aromatic heterocycles. The van der Waals surface area contributed by atoms with Gasteiger partial charge < -0.3 is 5.32 Å². The highest BCUT2D eigenvalue weighted by Gasteiger charge is 2.52. The Balaban J connectivity index is 1.39. The zero-order valence-corrected chi connectivity index (χ0v) is 20.1. The minimum atomic E-state index is -3.70. The van der Waals surface area contributed by atoms with Crippen LogP contribution in [0.25, 0.3) is 0 Å². The molecule has 5 rings (SSSR count). The van der Waals surface area contributed by atoms with Crippen molar-refractivity contribution in [2.75, 3.05) is 4.72 Å². The number of sulfonamides is 1. The van der Waals surface area contributed by atoms with Crippen molar-refractivity contribution in [3.05, 3.63) is 132 Å². The fraction of sp³-hybridized carbons (Fsp3) is 0.0714. The van der Waals surface area contributed by atoms with Gasteiger partial charge in [-0.1, -0.05) is 91.0 Å². The zero-order valence-electron chi connectivity index (χ0n) is 19.3. The van der Waals surface area contributed by atoms with Crippen LogP contribution >= 0.6 is 0 Å². The Morgan fingerprint density at radius 3 is 1.78 bits per heavy atom. The van der Waals surface area contributed by atoms with E-state index in [9.17, 15) is 13.2 Å². The molecule has 0 unspecified atom stereocenters. The molecule has 0 radical (unpaired) electrons. The molecule has 1 aliphatic rings. The Kier molecular flexibility index (Phi) is 6.03. The van der Waals surface area contributed by atoms with E-state index in [1.165, 1.54) is 17.0 Å². The van der Waals surface area contributed by atoms with Crippen LogP contribution in [-0.4, -0.2) is 25.2 Å². The van der Waals surface area contributed by atoms with Gasteiger partial charge in [-0.2, -0.15) is 0 Å². The molecule has 0 spiro atoms. The molecule has 180 valence electrons. The highest BCUT2D eigenvalue weighted by molar-refractivity contribution is 7.92. The molecule has 36 heavy (non-hydrogen) atoms. The second-order valence-corrected chi connectivity index (χ2v) is 10.1. The number of hydrogen-bond acceptors (Lipinski definition) is 4. The molecule has 1 fully saturated rings. The van der Waals surface area contributed by atoms with Gasteiger partial charge in [-0.15, -0.1) is 0 Å². The maximum absolute atomic E-state index is 13.9. The summed E-state index contributed by atoms with van der Waals surface area (Å²) in [6.07, 6.45) is 0. The molecule has 7 nitrogen and oxygen atoms in total. The quantitative estimate of drug-likeness (QED) is 0.355. The van der Waals surface area contributed by atoms with Gasteiger partial charge >= 0.3 is 0 Å². The van der Waals surface area contributed by atoms with Crippen molar-refractivity contribution in [1.29, 1.82) is 5.41 Å². The monoisotopic (exact) mass is 496 g/mol. The number of benzene rings is 4. The van der Waals surface area contributed by atoms with Crippen LogP contribution in [-0.2, 0) is 26.9 Å². The molecule has 4 aromatic rings. The van der Waals surface area contributed by atoms with Crippen LogP contribution in [0, 0.1) is 5.41 Å². The SMILES string of the molecule is N=C1NC(c2ccccc2)(c2ccccc2)C(=O)N1Cc1ccc(NS(=O)(=O)c2ccccc2)cc1. The van der Waals surface area contributed by atoms with E-state index in [2.05, 4.69) is 10.0 Å². The third-order valence-corrected chi connectivity index (χ3v) is 7.55. The number of rotatable bonds is 7. The van der Waals surface area contributed by atoms with Crippen molar-refractivity contribution in [2.24, 2.45) is 0 Å². The number of guanidine groups is 1. The maximum Gasteiger partial charge on any atom is 0.264 e. The maximum atomic E-state index is 13.9. The van der Waals surface area contributed by atoms with Crippen LogP contribution in [0.15, 0.2) is 120 Å². The number of amides is 1. The molecule has 0 atom stereocenters. The van der Waals surface area contributed by atoms with E-state index in [-0.39, 0.29) is 23.3 Å². The number of nitrogens with one attached hydrogen (secondary N) is 3. The summed E-state index contributed by atoms with van der Waals surface area (Å²) in [5.41, 5.74) is 1.46. The molecule has 1 heterocycles. The molecular weight excluding hydrogens is 472 g/mol. The second-order valence-electron chi connectivity index (χ2n) is 8.46. The summed E-state index contributed by atoms with van der Waals surface area (Å²) in [6, 6.07) is 33.7.